The van der Waals surface area contributed by atoms with Gasteiger partial charge in [-0.2, -0.15) is 5.10 Å². The van der Waals surface area contributed by atoms with E-state index in [0.29, 0.717) is 0 Å². The summed E-state index contributed by atoms with van der Waals surface area (Å²) in [6, 6.07) is 8.90. The van der Waals surface area contributed by atoms with E-state index in [1.165, 1.54) is 31.7 Å². The Morgan fingerprint density at radius 2 is 1.86 bits per heavy atom. The number of fused-ring (bicyclic) bond motifs is 2. The average molecular weight is 392 g/mol. The summed E-state index contributed by atoms with van der Waals surface area (Å²) in [6.07, 6.45) is 2.13. The topological polar surface area (TPSA) is 30.2 Å². The number of thiophene rings is 1. The Balaban J connectivity index is 2.08. The molecule has 0 aliphatic heterocycles. The average Bonchev–Trinajstić information content (AvgIpc) is 3.09. The van der Waals surface area contributed by atoms with Crippen LogP contribution in [0, 0.1) is 20.8 Å². The summed E-state index contributed by atoms with van der Waals surface area (Å²) < 4.78 is 3.48. The van der Waals surface area contributed by atoms with Crippen LogP contribution in [0.25, 0.3) is 27.0 Å². The summed E-state index contributed by atoms with van der Waals surface area (Å²) in [4.78, 5) is 6.28. The lowest BCUT2D eigenvalue weighted by Crippen LogP contribution is -2.10. The largest absolute Gasteiger partial charge is 0.231 e. The summed E-state index contributed by atoms with van der Waals surface area (Å²) in [6.45, 7) is 15.5. The Kier molecular flexibility index (Phi) is 4.58. The lowest BCUT2D eigenvalue weighted by molar-refractivity contribution is 0.597. The van der Waals surface area contributed by atoms with Gasteiger partial charge in [-0.1, -0.05) is 52.3 Å². The Morgan fingerprint density at radius 3 is 2.54 bits per heavy atom. The normalized spacial score (nSPS) is 12.4. The molecule has 3 aromatic heterocycles. The molecular formula is C24H29N3S. The first-order valence-electron chi connectivity index (χ1n) is 10.1. The molecule has 3 nitrogen and oxygen atoms in total. The third-order valence-corrected chi connectivity index (χ3v) is 6.57. The van der Waals surface area contributed by atoms with Gasteiger partial charge in [0.2, 0.25) is 0 Å². The molecule has 0 amide bonds. The van der Waals surface area contributed by atoms with Crippen molar-refractivity contribution in [1.82, 2.24) is 14.6 Å². The van der Waals surface area contributed by atoms with Crippen LogP contribution in [-0.2, 0) is 11.8 Å². The first kappa shape index (κ1) is 19.1. The Bertz CT molecular complexity index is 1190. The van der Waals surface area contributed by atoms with Crippen molar-refractivity contribution in [2.24, 2.45) is 0 Å². The highest BCUT2D eigenvalue weighted by Gasteiger charge is 2.24. The maximum Gasteiger partial charge on any atom is 0.157 e. The second kappa shape index (κ2) is 6.70. The van der Waals surface area contributed by atoms with E-state index in [1.54, 1.807) is 0 Å². The van der Waals surface area contributed by atoms with Gasteiger partial charge in [-0.05, 0) is 49.8 Å². The third-order valence-electron chi connectivity index (χ3n) is 5.41. The predicted molar refractivity (Wildman–Crippen MR) is 121 cm³/mol. The monoisotopic (exact) mass is 391 g/mol. The molecule has 0 saturated carbocycles. The van der Waals surface area contributed by atoms with Gasteiger partial charge in [0.1, 0.15) is 0 Å². The van der Waals surface area contributed by atoms with Gasteiger partial charge in [-0.3, -0.25) is 0 Å². The molecule has 0 unspecified atom stereocenters. The molecule has 4 aromatic rings. The highest BCUT2D eigenvalue weighted by atomic mass is 32.1. The minimum absolute atomic E-state index is 0.117. The van der Waals surface area contributed by atoms with Crippen LogP contribution in [0.3, 0.4) is 0 Å². The SMILES string of the molecule is CCCc1cc(C)nn2c(-c3c(C)sc4c(C(C)(C)C)cccc34)c(C)nc12. The molecule has 0 atom stereocenters. The highest BCUT2D eigenvalue weighted by molar-refractivity contribution is 7.19. The van der Waals surface area contributed by atoms with Crippen molar-refractivity contribution >= 4 is 27.1 Å². The summed E-state index contributed by atoms with van der Waals surface area (Å²) in [5.74, 6) is 0. The molecule has 3 heterocycles. The molecule has 1 aromatic carbocycles. The van der Waals surface area contributed by atoms with Gasteiger partial charge in [0.05, 0.1) is 17.1 Å². The molecule has 4 heteroatoms. The smallest absolute Gasteiger partial charge is 0.157 e. The molecule has 0 spiro atoms. The summed E-state index contributed by atoms with van der Waals surface area (Å²) >= 11 is 1.90. The minimum atomic E-state index is 0.117. The maximum absolute atomic E-state index is 4.95. The van der Waals surface area contributed by atoms with Gasteiger partial charge < -0.3 is 0 Å². The molecule has 0 N–H and O–H groups in total. The molecule has 0 radical (unpaired) electrons. The van der Waals surface area contributed by atoms with Crippen molar-refractivity contribution in [1.29, 1.82) is 0 Å². The summed E-state index contributed by atoms with van der Waals surface area (Å²) in [7, 11) is 0. The van der Waals surface area contributed by atoms with Gasteiger partial charge in [0.25, 0.3) is 0 Å². The van der Waals surface area contributed by atoms with E-state index in [0.717, 1.165) is 35.6 Å². The van der Waals surface area contributed by atoms with Crippen LogP contribution >= 0.6 is 11.3 Å². The number of aryl methyl sites for hydroxylation is 4. The zero-order valence-electron chi connectivity index (χ0n) is 18.0. The van der Waals surface area contributed by atoms with Gasteiger partial charge in [0, 0.05) is 20.5 Å². The number of aromatic nitrogens is 3. The molecule has 4 rings (SSSR count). The molecule has 146 valence electrons. The number of rotatable bonds is 3. The van der Waals surface area contributed by atoms with Gasteiger partial charge >= 0.3 is 0 Å². The molecule has 0 aliphatic rings. The molecule has 0 aliphatic carbocycles. The molecule has 28 heavy (non-hydrogen) atoms. The summed E-state index contributed by atoms with van der Waals surface area (Å²) in [5, 5.41) is 6.19. The van der Waals surface area contributed by atoms with E-state index in [9.17, 15) is 0 Å². The number of nitrogens with zero attached hydrogens (tertiary/aromatic N) is 3. The fourth-order valence-corrected chi connectivity index (χ4v) is 5.57. The molecule has 0 bridgehead atoms. The van der Waals surface area contributed by atoms with Crippen LogP contribution in [0.4, 0.5) is 0 Å². The van der Waals surface area contributed by atoms with Gasteiger partial charge in [-0.15, -0.1) is 11.3 Å². The van der Waals surface area contributed by atoms with E-state index >= 15 is 0 Å². The van der Waals surface area contributed by atoms with Gasteiger partial charge in [0.15, 0.2) is 5.65 Å². The Morgan fingerprint density at radius 1 is 1.11 bits per heavy atom. The van der Waals surface area contributed by atoms with Crippen LogP contribution < -0.4 is 0 Å². The number of imidazole rings is 1. The third kappa shape index (κ3) is 2.95. The first-order valence-corrected chi connectivity index (χ1v) is 10.9. The van der Waals surface area contributed by atoms with Crippen molar-refractivity contribution in [2.45, 2.75) is 66.7 Å². The zero-order chi connectivity index (χ0) is 20.2. The minimum Gasteiger partial charge on any atom is -0.231 e. The van der Waals surface area contributed by atoms with Crippen LogP contribution in [-0.4, -0.2) is 14.6 Å². The van der Waals surface area contributed by atoms with Crippen molar-refractivity contribution in [3.05, 3.63) is 51.7 Å². The number of benzene rings is 1. The van der Waals surface area contributed by atoms with Crippen molar-refractivity contribution in [3.8, 4) is 11.3 Å². The zero-order valence-corrected chi connectivity index (χ0v) is 18.8. The van der Waals surface area contributed by atoms with Crippen LogP contribution in [0.15, 0.2) is 24.3 Å². The Labute approximate surface area is 171 Å². The predicted octanol–water partition coefficient (Wildman–Crippen LogP) is 6.79. The van der Waals surface area contributed by atoms with E-state index in [-0.39, 0.29) is 5.41 Å². The number of hydrogen-bond acceptors (Lipinski definition) is 3. The lowest BCUT2D eigenvalue weighted by Gasteiger charge is -2.19. The summed E-state index contributed by atoms with van der Waals surface area (Å²) in [5.41, 5.74) is 8.35. The van der Waals surface area contributed by atoms with E-state index in [4.69, 9.17) is 10.1 Å². The van der Waals surface area contributed by atoms with Gasteiger partial charge in [-0.25, -0.2) is 9.50 Å². The van der Waals surface area contributed by atoms with Crippen LogP contribution in [0.5, 0.6) is 0 Å². The highest BCUT2D eigenvalue weighted by Crippen LogP contribution is 2.43. The van der Waals surface area contributed by atoms with Crippen molar-refractivity contribution in [3.63, 3.8) is 0 Å². The fourth-order valence-electron chi connectivity index (χ4n) is 4.19. The van der Waals surface area contributed by atoms with Crippen molar-refractivity contribution in [2.75, 3.05) is 0 Å². The van der Waals surface area contributed by atoms with E-state index < -0.39 is 0 Å². The quantitative estimate of drug-likeness (QED) is 0.385. The molecular weight excluding hydrogens is 362 g/mol. The van der Waals surface area contributed by atoms with E-state index in [1.807, 2.05) is 11.3 Å². The van der Waals surface area contributed by atoms with Crippen molar-refractivity contribution < 1.29 is 0 Å². The maximum atomic E-state index is 4.95. The van der Waals surface area contributed by atoms with Crippen LogP contribution in [0.1, 0.15) is 61.5 Å². The fraction of sp³-hybridized carbons (Fsp3) is 0.417. The number of hydrogen-bond donors (Lipinski definition) is 0. The van der Waals surface area contributed by atoms with Crippen LogP contribution in [0.2, 0.25) is 0 Å². The lowest BCUT2D eigenvalue weighted by atomic mass is 9.86. The Hall–Kier alpha value is -2.20. The first-order chi connectivity index (χ1) is 13.2. The molecule has 0 saturated heterocycles. The standard InChI is InChI=1S/C24H29N3S/c1-8-10-17-13-14(2)26-27-21(15(3)25-23(17)27)20-16(4)28-22-18(20)11-9-12-19(22)24(5,6)7/h9,11-13H,8,10H2,1-7H3. The second-order valence-electron chi connectivity index (χ2n) is 8.81. The molecule has 0 fully saturated rings. The second-order valence-corrected chi connectivity index (χ2v) is 10.0. The van der Waals surface area contributed by atoms with E-state index in [2.05, 4.69) is 77.2 Å².